The van der Waals surface area contributed by atoms with Crippen molar-refractivity contribution in [3.63, 3.8) is 0 Å². The van der Waals surface area contributed by atoms with Crippen molar-refractivity contribution in [1.82, 2.24) is 10.2 Å². The number of nitrogens with one attached hydrogen (secondary N) is 1. The highest BCUT2D eigenvalue weighted by Crippen LogP contribution is 2.10. The minimum absolute atomic E-state index is 0.479. The van der Waals surface area contributed by atoms with Gasteiger partial charge in [-0.15, -0.1) is 0 Å². The Balaban J connectivity index is 2.37. The van der Waals surface area contributed by atoms with E-state index in [-0.39, 0.29) is 0 Å². The van der Waals surface area contributed by atoms with Gasteiger partial charge in [-0.3, -0.25) is 4.90 Å². The number of likely N-dealkylation sites (N-methyl/N-ethyl adjacent to an activating group) is 1. The van der Waals surface area contributed by atoms with Crippen LogP contribution in [0.3, 0.4) is 0 Å². The minimum Gasteiger partial charge on any atom is -0.463 e. The Bertz CT molecular complexity index is 337. The van der Waals surface area contributed by atoms with Gasteiger partial charge in [0, 0.05) is 19.2 Å². The third kappa shape index (κ3) is 6.76. The van der Waals surface area contributed by atoms with Crippen molar-refractivity contribution >= 4 is 0 Å². The Labute approximate surface area is 117 Å². The second-order valence-electron chi connectivity index (χ2n) is 4.97. The SMILES string of the molecule is CCOCCN(CC)Cc1ccc(CNC(C)C)o1. The highest BCUT2D eigenvalue weighted by molar-refractivity contribution is 5.07. The molecule has 19 heavy (non-hydrogen) atoms. The number of hydrogen-bond donors (Lipinski definition) is 1. The number of nitrogens with zero attached hydrogens (tertiary/aromatic N) is 1. The van der Waals surface area contributed by atoms with Crippen molar-refractivity contribution in [3.05, 3.63) is 23.7 Å². The van der Waals surface area contributed by atoms with Crippen LogP contribution in [0.5, 0.6) is 0 Å². The van der Waals surface area contributed by atoms with Gasteiger partial charge in [-0.2, -0.15) is 0 Å². The fourth-order valence-electron chi connectivity index (χ4n) is 1.81. The van der Waals surface area contributed by atoms with Gasteiger partial charge in [0.25, 0.3) is 0 Å². The minimum atomic E-state index is 0.479. The zero-order valence-electron chi connectivity index (χ0n) is 12.7. The van der Waals surface area contributed by atoms with Gasteiger partial charge in [-0.05, 0) is 25.6 Å². The zero-order valence-corrected chi connectivity index (χ0v) is 12.7. The van der Waals surface area contributed by atoms with E-state index in [1.54, 1.807) is 0 Å². The van der Waals surface area contributed by atoms with Crippen LogP contribution in [0.15, 0.2) is 16.5 Å². The summed E-state index contributed by atoms with van der Waals surface area (Å²) in [6.07, 6.45) is 0. The van der Waals surface area contributed by atoms with Crippen LogP contribution in [0.25, 0.3) is 0 Å². The predicted octanol–water partition coefficient (Wildman–Crippen LogP) is 2.64. The third-order valence-electron chi connectivity index (χ3n) is 2.98. The maximum atomic E-state index is 5.83. The van der Waals surface area contributed by atoms with Gasteiger partial charge in [0.05, 0.1) is 19.7 Å². The quantitative estimate of drug-likeness (QED) is 0.662. The van der Waals surface area contributed by atoms with Gasteiger partial charge >= 0.3 is 0 Å². The van der Waals surface area contributed by atoms with Gasteiger partial charge in [0.1, 0.15) is 11.5 Å². The number of furan rings is 1. The molecule has 4 nitrogen and oxygen atoms in total. The number of ether oxygens (including phenoxy) is 1. The Hall–Kier alpha value is -0.840. The Morgan fingerprint density at radius 1 is 1.26 bits per heavy atom. The summed E-state index contributed by atoms with van der Waals surface area (Å²) < 4.78 is 11.2. The van der Waals surface area contributed by atoms with Gasteiger partial charge in [-0.1, -0.05) is 20.8 Å². The summed E-state index contributed by atoms with van der Waals surface area (Å²) in [7, 11) is 0. The highest BCUT2D eigenvalue weighted by atomic mass is 16.5. The van der Waals surface area contributed by atoms with Crippen LogP contribution in [0.4, 0.5) is 0 Å². The molecule has 0 bridgehead atoms. The maximum absolute atomic E-state index is 5.83. The van der Waals surface area contributed by atoms with Gasteiger partial charge in [0.15, 0.2) is 0 Å². The normalized spacial score (nSPS) is 11.7. The predicted molar refractivity (Wildman–Crippen MR) is 78.1 cm³/mol. The van der Waals surface area contributed by atoms with Crippen molar-refractivity contribution in [2.75, 3.05) is 26.3 Å². The van der Waals surface area contributed by atoms with E-state index in [9.17, 15) is 0 Å². The first-order valence-corrected chi connectivity index (χ1v) is 7.26. The molecule has 0 aromatic carbocycles. The molecule has 0 spiro atoms. The van der Waals surface area contributed by atoms with Gasteiger partial charge in [0.2, 0.25) is 0 Å². The van der Waals surface area contributed by atoms with Crippen molar-refractivity contribution in [2.45, 2.75) is 46.8 Å². The topological polar surface area (TPSA) is 37.6 Å². The van der Waals surface area contributed by atoms with E-state index in [4.69, 9.17) is 9.15 Å². The molecule has 4 heteroatoms. The largest absolute Gasteiger partial charge is 0.463 e. The molecule has 0 unspecified atom stereocenters. The van der Waals surface area contributed by atoms with Crippen molar-refractivity contribution in [3.8, 4) is 0 Å². The second kappa shape index (κ2) is 9.13. The Kier molecular flexibility index (Phi) is 7.79. The monoisotopic (exact) mass is 268 g/mol. The third-order valence-corrected chi connectivity index (χ3v) is 2.98. The molecule has 1 aromatic heterocycles. The molecule has 0 fully saturated rings. The summed E-state index contributed by atoms with van der Waals surface area (Å²) in [4.78, 5) is 2.33. The smallest absolute Gasteiger partial charge is 0.118 e. The number of rotatable bonds is 10. The lowest BCUT2D eigenvalue weighted by Gasteiger charge is -2.18. The first kappa shape index (κ1) is 16.2. The molecule has 0 aliphatic carbocycles. The molecule has 0 saturated heterocycles. The molecule has 0 saturated carbocycles. The molecule has 0 radical (unpaired) electrons. The summed E-state index contributed by atoms with van der Waals surface area (Å²) in [5.41, 5.74) is 0. The molecule has 1 heterocycles. The second-order valence-corrected chi connectivity index (χ2v) is 4.97. The fraction of sp³-hybridized carbons (Fsp3) is 0.733. The first-order valence-electron chi connectivity index (χ1n) is 7.26. The van der Waals surface area contributed by atoms with Crippen molar-refractivity contribution in [2.24, 2.45) is 0 Å². The van der Waals surface area contributed by atoms with Crippen molar-refractivity contribution < 1.29 is 9.15 Å². The number of hydrogen-bond acceptors (Lipinski definition) is 4. The van der Waals surface area contributed by atoms with Gasteiger partial charge in [-0.25, -0.2) is 0 Å². The molecule has 110 valence electrons. The fourth-order valence-corrected chi connectivity index (χ4v) is 1.81. The van der Waals surface area contributed by atoms with Gasteiger partial charge < -0.3 is 14.5 Å². The van der Waals surface area contributed by atoms with E-state index in [0.29, 0.717) is 6.04 Å². The van der Waals surface area contributed by atoms with Crippen molar-refractivity contribution in [1.29, 1.82) is 0 Å². The zero-order chi connectivity index (χ0) is 14.1. The molecule has 0 aliphatic rings. The van der Waals surface area contributed by atoms with E-state index in [1.807, 2.05) is 6.92 Å². The summed E-state index contributed by atoms with van der Waals surface area (Å²) in [6, 6.07) is 4.61. The van der Waals surface area contributed by atoms with Crippen LogP contribution in [0, 0.1) is 0 Å². The summed E-state index contributed by atoms with van der Waals surface area (Å²) in [6.45, 7) is 13.6. The standard InChI is InChI=1S/C15H28N2O2/c1-5-17(9-10-18-6-2)12-15-8-7-14(19-15)11-16-13(3)4/h7-8,13,16H,5-6,9-12H2,1-4H3. The molecule has 1 N–H and O–H groups in total. The average molecular weight is 268 g/mol. The summed E-state index contributed by atoms with van der Waals surface area (Å²) in [5.74, 6) is 2.03. The first-order chi connectivity index (χ1) is 9.15. The molecule has 1 rings (SSSR count). The molecule has 1 aromatic rings. The molecule has 0 atom stereocenters. The van der Waals surface area contributed by atoms with E-state index >= 15 is 0 Å². The summed E-state index contributed by atoms with van der Waals surface area (Å²) in [5, 5.41) is 3.36. The van der Waals surface area contributed by atoms with Crippen LogP contribution in [0.1, 0.15) is 39.2 Å². The van der Waals surface area contributed by atoms with Crippen LogP contribution in [-0.4, -0.2) is 37.2 Å². The van der Waals surface area contributed by atoms with E-state index < -0.39 is 0 Å². The maximum Gasteiger partial charge on any atom is 0.118 e. The van der Waals surface area contributed by atoms with Crippen LogP contribution in [-0.2, 0) is 17.8 Å². The van der Waals surface area contributed by atoms with E-state index in [2.05, 4.69) is 43.1 Å². The molecule has 0 aliphatic heterocycles. The lowest BCUT2D eigenvalue weighted by atomic mass is 10.3. The Morgan fingerprint density at radius 3 is 2.63 bits per heavy atom. The molecule has 0 amide bonds. The molecular formula is C15H28N2O2. The van der Waals surface area contributed by atoms with Crippen LogP contribution >= 0.6 is 0 Å². The van der Waals surface area contributed by atoms with E-state index in [0.717, 1.165) is 50.9 Å². The Morgan fingerprint density at radius 2 is 2.00 bits per heavy atom. The van der Waals surface area contributed by atoms with Crippen LogP contribution in [0.2, 0.25) is 0 Å². The van der Waals surface area contributed by atoms with Crippen LogP contribution < -0.4 is 5.32 Å². The summed E-state index contributed by atoms with van der Waals surface area (Å²) >= 11 is 0. The van der Waals surface area contributed by atoms with E-state index in [1.165, 1.54) is 0 Å². The molecular weight excluding hydrogens is 240 g/mol. The lowest BCUT2D eigenvalue weighted by molar-refractivity contribution is 0.110. The lowest BCUT2D eigenvalue weighted by Crippen LogP contribution is -2.26. The highest BCUT2D eigenvalue weighted by Gasteiger charge is 2.08. The average Bonchev–Trinajstić information content (AvgIpc) is 2.83.